The van der Waals surface area contributed by atoms with E-state index in [0.717, 1.165) is 56.9 Å². The number of aliphatic imine (C=N–C) groups is 1. The van der Waals surface area contributed by atoms with E-state index in [0.29, 0.717) is 16.8 Å². The maximum Gasteiger partial charge on any atom is 0.305 e. The van der Waals surface area contributed by atoms with Gasteiger partial charge < -0.3 is 15.3 Å². The molecular weight excluding hydrogens is 473 g/mol. The van der Waals surface area contributed by atoms with Crippen LogP contribution >= 0.6 is 0 Å². The average Bonchev–Trinajstić information content (AvgIpc) is 3.01. The van der Waals surface area contributed by atoms with Crippen LogP contribution in [0.3, 0.4) is 0 Å². The van der Waals surface area contributed by atoms with Crippen molar-refractivity contribution >= 4 is 23.5 Å². The van der Waals surface area contributed by atoms with Gasteiger partial charge in [0.15, 0.2) is 0 Å². The average molecular weight is 508 g/mol. The molecule has 1 saturated carbocycles. The Morgan fingerprint density at radius 2 is 1.70 bits per heavy atom. The number of carboxylic acid groups (broad SMARTS) is 1. The van der Waals surface area contributed by atoms with Gasteiger partial charge in [0.25, 0.3) is 11.8 Å². The lowest BCUT2D eigenvalue weighted by atomic mass is 9.92. The Balaban J connectivity index is 1.65. The largest absolute Gasteiger partial charge is 0.481 e. The first-order valence-electron chi connectivity index (χ1n) is 13.1. The monoisotopic (exact) mass is 507 g/mol. The minimum atomic E-state index is -0.969. The maximum absolute atomic E-state index is 14.0. The summed E-state index contributed by atoms with van der Waals surface area (Å²) in [5.74, 6) is -1.79. The van der Waals surface area contributed by atoms with Gasteiger partial charge in [0, 0.05) is 17.7 Å². The highest BCUT2D eigenvalue weighted by Gasteiger charge is 2.50. The molecule has 8 heteroatoms. The van der Waals surface area contributed by atoms with E-state index in [2.05, 4.69) is 12.2 Å². The number of carboxylic acids is 1. The molecule has 2 aromatic carbocycles. The zero-order chi connectivity index (χ0) is 26.4. The van der Waals surface area contributed by atoms with Crippen LogP contribution < -0.4 is 5.32 Å². The highest BCUT2D eigenvalue weighted by Crippen LogP contribution is 2.44. The SMILES string of the molecule is CCCC(c1ccc(C(=O)NCCC(=O)O)cc1)N1C(=O)C(c2ccc(F)cc2)=NC12CCCCCC2. The lowest BCUT2D eigenvalue weighted by Gasteiger charge is -2.41. The molecule has 1 atom stereocenters. The molecule has 196 valence electrons. The quantitative estimate of drug-likeness (QED) is 0.484. The minimum Gasteiger partial charge on any atom is -0.481 e. The van der Waals surface area contributed by atoms with E-state index in [1.54, 1.807) is 24.3 Å². The molecule has 2 aliphatic rings. The van der Waals surface area contributed by atoms with Crippen molar-refractivity contribution in [3.05, 3.63) is 71.0 Å². The third-order valence-electron chi connectivity index (χ3n) is 7.27. The van der Waals surface area contributed by atoms with Crippen molar-refractivity contribution < 1.29 is 23.9 Å². The zero-order valence-corrected chi connectivity index (χ0v) is 21.2. The Morgan fingerprint density at radius 1 is 1.05 bits per heavy atom. The number of halogens is 1. The first-order chi connectivity index (χ1) is 17.8. The number of amides is 2. The fraction of sp³-hybridized carbons (Fsp3) is 0.448. The number of rotatable bonds is 9. The molecule has 2 N–H and O–H groups in total. The van der Waals surface area contributed by atoms with Crippen LogP contribution in [0.15, 0.2) is 53.5 Å². The van der Waals surface area contributed by atoms with E-state index in [-0.39, 0.29) is 36.6 Å². The molecule has 7 nitrogen and oxygen atoms in total. The van der Waals surface area contributed by atoms with Crippen molar-refractivity contribution in [2.75, 3.05) is 6.54 Å². The van der Waals surface area contributed by atoms with Gasteiger partial charge >= 0.3 is 5.97 Å². The lowest BCUT2D eigenvalue weighted by molar-refractivity contribution is -0.137. The molecule has 1 aliphatic carbocycles. The molecule has 1 spiro atoms. The van der Waals surface area contributed by atoms with E-state index < -0.39 is 11.6 Å². The fourth-order valence-electron chi connectivity index (χ4n) is 5.45. The molecule has 1 heterocycles. The predicted molar refractivity (Wildman–Crippen MR) is 139 cm³/mol. The molecule has 0 saturated heterocycles. The standard InChI is InChI=1S/C29H34FN3O4/c1-2-7-24(20-8-10-22(11-9-20)27(36)31-19-16-25(34)35)33-28(37)26(21-12-14-23(30)15-13-21)32-29(33)17-5-3-4-6-18-29/h8-15,24H,2-7,16-19H2,1H3,(H,31,36)(H,34,35). The molecule has 1 aliphatic heterocycles. The number of nitrogens with one attached hydrogen (secondary N) is 1. The van der Waals surface area contributed by atoms with Crippen molar-refractivity contribution in [1.29, 1.82) is 0 Å². The van der Waals surface area contributed by atoms with Gasteiger partial charge in [-0.1, -0.05) is 38.3 Å². The van der Waals surface area contributed by atoms with Crippen molar-refractivity contribution in [3.63, 3.8) is 0 Å². The van der Waals surface area contributed by atoms with Crippen LogP contribution in [-0.2, 0) is 9.59 Å². The summed E-state index contributed by atoms with van der Waals surface area (Å²) < 4.78 is 13.6. The van der Waals surface area contributed by atoms with Gasteiger partial charge in [-0.3, -0.25) is 19.4 Å². The minimum absolute atomic E-state index is 0.0582. The summed E-state index contributed by atoms with van der Waals surface area (Å²) in [6, 6.07) is 12.9. The summed E-state index contributed by atoms with van der Waals surface area (Å²) in [7, 11) is 0. The van der Waals surface area contributed by atoms with Gasteiger partial charge in [-0.25, -0.2) is 4.39 Å². The molecular formula is C29H34FN3O4. The van der Waals surface area contributed by atoms with Crippen molar-refractivity contribution in [2.45, 2.75) is 76.4 Å². The van der Waals surface area contributed by atoms with Gasteiger partial charge in [0.05, 0.1) is 12.5 Å². The Kier molecular flexibility index (Phi) is 8.36. The third kappa shape index (κ3) is 5.89. The van der Waals surface area contributed by atoms with Crippen molar-refractivity contribution in [1.82, 2.24) is 10.2 Å². The molecule has 2 amide bonds. The fourth-order valence-corrected chi connectivity index (χ4v) is 5.45. The number of carbonyl (C=O) groups is 3. The number of hydrogen-bond donors (Lipinski definition) is 2. The molecule has 4 rings (SSSR count). The number of nitrogens with zero attached hydrogens (tertiary/aromatic N) is 2. The van der Waals surface area contributed by atoms with E-state index in [1.165, 1.54) is 12.1 Å². The molecule has 0 aromatic heterocycles. The summed E-state index contributed by atoms with van der Waals surface area (Å²) >= 11 is 0. The normalized spacial score (nSPS) is 17.8. The molecule has 37 heavy (non-hydrogen) atoms. The lowest BCUT2D eigenvalue weighted by Crippen LogP contribution is -2.48. The van der Waals surface area contributed by atoms with E-state index in [1.807, 2.05) is 17.0 Å². The van der Waals surface area contributed by atoms with Crippen LogP contribution in [0.4, 0.5) is 4.39 Å². The van der Waals surface area contributed by atoms with Gasteiger partial charge in [0.1, 0.15) is 17.2 Å². The first-order valence-corrected chi connectivity index (χ1v) is 13.1. The third-order valence-corrected chi connectivity index (χ3v) is 7.27. The van der Waals surface area contributed by atoms with Gasteiger partial charge in [-0.15, -0.1) is 0 Å². The summed E-state index contributed by atoms with van der Waals surface area (Å²) in [5.41, 5.74) is 1.74. The highest BCUT2D eigenvalue weighted by atomic mass is 19.1. The van der Waals surface area contributed by atoms with Gasteiger partial charge in [0.2, 0.25) is 0 Å². The predicted octanol–water partition coefficient (Wildman–Crippen LogP) is 5.25. The summed E-state index contributed by atoms with van der Waals surface area (Å²) in [5, 5.41) is 11.4. The van der Waals surface area contributed by atoms with Crippen LogP contribution in [0.5, 0.6) is 0 Å². The summed E-state index contributed by atoms with van der Waals surface area (Å²) in [4.78, 5) is 44.2. The Bertz CT molecular complexity index is 1150. The van der Waals surface area contributed by atoms with Gasteiger partial charge in [-0.05, 0) is 74.1 Å². The van der Waals surface area contributed by atoms with E-state index in [4.69, 9.17) is 10.1 Å². The number of carbonyl (C=O) groups excluding carboxylic acids is 2. The number of hydrogen-bond acceptors (Lipinski definition) is 4. The second kappa shape index (κ2) is 11.7. The molecule has 1 unspecified atom stereocenters. The van der Waals surface area contributed by atoms with Crippen LogP contribution in [0.2, 0.25) is 0 Å². The topological polar surface area (TPSA) is 99.1 Å². The summed E-state index contributed by atoms with van der Waals surface area (Å²) in [6.45, 7) is 2.14. The van der Waals surface area contributed by atoms with Crippen LogP contribution in [0.25, 0.3) is 0 Å². The molecule has 2 aromatic rings. The number of aliphatic carboxylic acids is 1. The number of benzene rings is 2. The maximum atomic E-state index is 14.0. The van der Waals surface area contributed by atoms with E-state index >= 15 is 0 Å². The molecule has 0 radical (unpaired) electrons. The van der Waals surface area contributed by atoms with Gasteiger partial charge in [-0.2, -0.15) is 0 Å². The second-order valence-corrected chi connectivity index (χ2v) is 9.87. The molecule has 1 fully saturated rings. The second-order valence-electron chi connectivity index (χ2n) is 9.87. The molecule has 0 bridgehead atoms. The smallest absolute Gasteiger partial charge is 0.305 e. The van der Waals surface area contributed by atoms with Crippen LogP contribution in [0.1, 0.15) is 92.2 Å². The Morgan fingerprint density at radius 3 is 2.30 bits per heavy atom. The van der Waals surface area contributed by atoms with Crippen molar-refractivity contribution in [3.8, 4) is 0 Å². The van der Waals surface area contributed by atoms with E-state index in [9.17, 15) is 18.8 Å². The summed E-state index contributed by atoms with van der Waals surface area (Å²) in [6.07, 6.45) is 7.21. The Hall–Kier alpha value is -3.55. The Labute approximate surface area is 216 Å². The first kappa shape index (κ1) is 26.5. The highest BCUT2D eigenvalue weighted by molar-refractivity contribution is 6.46. The zero-order valence-electron chi connectivity index (χ0n) is 21.2. The van der Waals surface area contributed by atoms with Crippen LogP contribution in [-0.4, -0.2) is 45.7 Å². The van der Waals surface area contributed by atoms with Crippen LogP contribution in [0, 0.1) is 5.82 Å². The van der Waals surface area contributed by atoms with Crippen molar-refractivity contribution in [2.24, 2.45) is 4.99 Å².